The molecule has 1 fully saturated rings. The van der Waals surface area contributed by atoms with Crippen molar-refractivity contribution in [3.63, 3.8) is 0 Å². The second kappa shape index (κ2) is 7.79. The Labute approximate surface area is 119 Å². The van der Waals surface area contributed by atoms with E-state index >= 15 is 0 Å². The smallest absolute Gasteiger partial charge is 0.0206 e. The Kier molecular flexibility index (Phi) is 7.08. The molecule has 108 valence electrons. The van der Waals surface area contributed by atoms with Gasteiger partial charge in [0.25, 0.3) is 0 Å². The highest BCUT2D eigenvalue weighted by Gasteiger charge is 2.34. The van der Waals surface area contributed by atoms with E-state index in [1.54, 1.807) is 0 Å². The molecular weight excluding hydrogens is 238 g/mol. The van der Waals surface area contributed by atoms with Crippen LogP contribution in [0.25, 0.3) is 0 Å². The Balaban J connectivity index is 2.43. The summed E-state index contributed by atoms with van der Waals surface area (Å²) >= 11 is 2.22. The number of rotatable bonds is 7. The third-order valence-corrected chi connectivity index (χ3v) is 5.41. The topological polar surface area (TPSA) is 12.0 Å². The molecule has 0 aromatic heterocycles. The molecule has 2 unspecified atom stereocenters. The van der Waals surface area contributed by atoms with Gasteiger partial charge in [0, 0.05) is 11.3 Å². The summed E-state index contributed by atoms with van der Waals surface area (Å²) in [7, 11) is 0. The van der Waals surface area contributed by atoms with Crippen LogP contribution in [0.15, 0.2) is 0 Å². The molecule has 0 spiro atoms. The van der Waals surface area contributed by atoms with Gasteiger partial charge in [-0.2, -0.15) is 11.8 Å². The first kappa shape index (κ1) is 16.4. The van der Waals surface area contributed by atoms with Crippen molar-refractivity contribution in [3.8, 4) is 0 Å². The van der Waals surface area contributed by atoms with Gasteiger partial charge in [0.2, 0.25) is 0 Å². The van der Waals surface area contributed by atoms with Crippen LogP contribution in [0.4, 0.5) is 0 Å². The summed E-state index contributed by atoms with van der Waals surface area (Å²) in [4.78, 5) is 0. The molecule has 0 saturated heterocycles. The first-order chi connectivity index (χ1) is 8.44. The summed E-state index contributed by atoms with van der Waals surface area (Å²) in [5.41, 5.74) is 0.555. The fourth-order valence-corrected chi connectivity index (χ4v) is 4.66. The minimum absolute atomic E-state index is 0.555. The zero-order chi connectivity index (χ0) is 13.6. The predicted molar refractivity (Wildman–Crippen MR) is 85.4 cm³/mol. The van der Waals surface area contributed by atoms with Gasteiger partial charge in [0.15, 0.2) is 0 Å². The van der Waals surface area contributed by atoms with Gasteiger partial charge >= 0.3 is 0 Å². The molecule has 0 aromatic rings. The molecule has 0 aliphatic heterocycles. The average molecular weight is 272 g/mol. The van der Waals surface area contributed by atoms with Crippen LogP contribution < -0.4 is 5.32 Å². The van der Waals surface area contributed by atoms with Gasteiger partial charge in [-0.05, 0) is 55.7 Å². The Bertz CT molecular complexity index is 225. The third-order valence-electron chi connectivity index (χ3n) is 4.02. The lowest BCUT2D eigenvalue weighted by atomic mass is 9.75. The van der Waals surface area contributed by atoms with E-state index in [0.717, 1.165) is 17.2 Å². The largest absolute Gasteiger partial charge is 0.313 e. The van der Waals surface area contributed by atoms with Crippen molar-refractivity contribution in [2.45, 2.75) is 78.0 Å². The van der Waals surface area contributed by atoms with Crippen molar-refractivity contribution in [2.24, 2.45) is 11.3 Å². The van der Waals surface area contributed by atoms with Gasteiger partial charge in [-0.15, -0.1) is 0 Å². The van der Waals surface area contributed by atoms with Crippen molar-refractivity contribution in [1.82, 2.24) is 5.32 Å². The first-order valence-electron chi connectivity index (χ1n) is 7.79. The van der Waals surface area contributed by atoms with Crippen LogP contribution in [0, 0.1) is 11.3 Å². The quantitative estimate of drug-likeness (QED) is 0.719. The van der Waals surface area contributed by atoms with E-state index < -0.39 is 0 Å². The van der Waals surface area contributed by atoms with E-state index in [4.69, 9.17) is 0 Å². The second-order valence-electron chi connectivity index (χ2n) is 7.06. The van der Waals surface area contributed by atoms with Crippen LogP contribution in [0.2, 0.25) is 0 Å². The maximum absolute atomic E-state index is 3.78. The van der Waals surface area contributed by atoms with Crippen molar-refractivity contribution in [2.75, 3.05) is 12.3 Å². The molecule has 0 amide bonds. The highest BCUT2D eigenvalue weighted by atomic mass is 32.2. The van der Waals surface area contributed by atoms with Crippen LogP contribution >= 0.6 is 11.8 Å². The molecule has 2 heteroatoms. The van der Waals surface area contributed by atoms with Crippen LogP contribution in [0.1, 0.15) is 66.7 Å². The molecule has 1 rings (SSSR count). The summed E-state index contributed by atoms with van der Waals surface area (Å²) in [5, 5.41) is 4.61. The van der Waals surface area contributed by atoms with Gasteiger partial charge in [-0.3, -0.25) is 0 Å². The lowest BCUT2D eigenvalue weighted by Crippen LogP contribution is -2.45. The molecule has 0 heterocycles. The number of hydrogen-bond donors (Lipinski definition) is 1. The standard InChI is InChI=1S/C16H33NS/c1-6-10-17-14-7-9-16(4,5)12-15(14)18-11-8-13(2)3/h13-15,17H,6-12H2,1-5H3. The summed E-state index contributed by atoms with van der Waals surface area (Å²) in [5.74, 6) is 2.18. The molecule has 18 heavy (non-hydrogen) atoms. The fourth-order valence-electron chi connectivity index (χ4n) is 2.71. The number of hydrogen-bond acceptors (Lipinski definition) is 2. The van der Waals surface area contributed by atoms with Crippen LogP contribution in [0.5, 0.6) is 0 Å². The first-order valence-corrected chi connectivity index (χ1v) is 8.84. The summed E-state index contributed by atoms with van der Waals surface area (Å²) in [6.45, 7) is 13.0. The van der Waals surface area contributed by atoms with E-state index in [1.807, 2.05) is 0 Å². The molecule has 1 aliphatic carbocycles. The highest BCUT2D eigenvalue weighted by Crippen LogP contribution is 2.40. The molecule has 0 radical (unpaired) electrons. The second-order valence-corrected chi connectivity index (χ2v) is 8.41. The zero-order valence-electron chi connectivity index (χ0n) is 13.1. The zero-order valence-corrected chi connectivity index (χ0v) is 13.9. The Morgan fingerprint density at radius 1 is 1.33 bits per heavy atom. The van der Waals surface area contributed by atoms with Gasteiger partial charge in [0.05, 0.1) is 0 Å². The average Bonchev–Trinajstić information content (AvgIpc) is 2.26. The van der Waals surface area contributed by atoms with E-state index in [0.29, 0.717) is 5.41 Å². The monoisotopic (exact) mass is 271 g/mol. The SMILES string of the molecule is CCCNC1CCC(C)(C)CC1SCCC(C)C. The number of nitrogens with one attached hydrogen (secondary N) is 1. The number of thioether (sulfide) groups is 1. The maximum atomic E-state index is 3.78. The van der Waals surface area contributed by atoms with Gasteiger partial charge in [-0.25, -0.2) is 0 Å². The van der Waals surface area contributed by atoms with Crippen LogP contribution in [0.3, 0.4) is 0 Å². The summed E-state index contributed by atoms with van der Waals surface area (Å²) < 4.78 is 0. The van der Waals surface area contributed by atoms with E-state index in [9.17, 15) is 0 Å². The van der Waals surface area contributed by atoms with E-state index in [-0.39, 0.29) is 0 Å². The molecule has 1 aliphatic rings. The Morgan fingerprint density at radius 3 is 2.67 bits per heavy atom. The Hall–Kier alpha value is 0.310. The van der Waals surface area contributed by atoms with Crippen molar-refractivity contribution < 1.29 is 0 Å². The fraction of sp³-hybridized carbons (Fsp3) is 1.00. The minimum Gasteiger partial charge on any atom is -0.313 e. The maximum Gasteiger partial charge on any atom is 0.0206 e. The highest BCUT2D eigenvalue weighted by molar-refractivity contribution is 7.99. The van der Waals surface area contributed by atoms with Crippen molar-refractivity contribution >= 4 is 11.8 Å². The van der Waals surface area contributed by atoms with Gasteiger partial charge in [0.1, 0.15) is 0 Å². The summed E-state index contributed by atoms with van der Waals surface area (Å²) in [6, 6.07) is 0.759. The van der Waals surface area contributed by atoms with Crippen LogP contribution in [-0.4, -0.2) is 23.6 Å². The Morgan fingerprint density at radius 2 is 2.06 bits per heavy atom. The molecule has 2 atom stereocenters. The summed E-state index contributed by atoms with van der Waals surface area (Å²) in [6.07, 6.45) is 6.75. The molecule has 0 aromatic carbocycles. The van der Waals surface area contributed by atoms with Crippen molar-refractivity contribution in [1.29, 1.82) is 0 Å². The minimum atomic E-state index is 0.555. The van der Waals surface area contributed by atoms with Crippen LogP contribution in [-0.2, 0) is 0 Å². The van der Waals surface area contributed by atoms with E-state index in [2.05, 4.69) is 51.7 Å². The normalized spacial score (nSPS) is 27.7. The molecule has 1 saturated carbocycles. The molecule has 1 N–H and O–H groups in total. The van der Waals surface area contributed by atoms with Gasteiger partial charge in [-0.1, -0.05) is 34.6 Å². The predicted octanol–water partition coefficient (Wildman–Crippen LogP) is 4.71. The van der Waals surface area contributed by atoms with E-state index in [1.165, 1.54) is 44.4 Å². The molecule has 1 nitrogen and oxygen atoms in total. The van der Waals surface area contributed by atoms with Crippen molar-refractivity contribution in [3.05, 3.63) is 0 Å². The lowest BCUT2D eigenvalue weighted by molar-refractivity contribution is 0.214. The third kappa shape index (κ3) is 5.97. The molecule has 0 bridgehead atoms. The van der Waals surface area contributed by atoms with Gasteiger partial charge < -0.3 is 5.32 Å². The lowest BCUT2D eigenvalue weighted by Gasteiger charge is -2.41. The molecular formula is C16H33NS.